The molecule has 0 saturated carbocycles. The zero-order valence-electron chi connectivity index (χ0n) is 15.5. The van der Waals surface area contributed by atoms with E-state index in [1.165, 1.54) is 52.1 Å². The molecule has 0 N–H and O–H groups in total. The molecule has 2 fully saturated rings. The van der Waals surface area contributed by atoms with Gasteiger partial charge < -0.3 is 0 Å². The molecule has 0 aromatic heterocycles. The molecule has 21 heavy (non-hydrogen) atoms. The molecule has 0 atom stereocenters. The van der Waals surface area contributed by atoms with E-state index in [2.05, 4.69) is 63.2 Å². The molecule has 0 bridgehead atoms. The minimum atomic E-state index is 0.224. The highest BCUT2D eigenvalue weighted by Crippen LogP contribution is 2.36. The summed E-state index contributed by atoms with van der Waals surface area (Å²) >= 11 is 0. The standard InChI is InChI=1S/C18H37N3/c1-16(2,3)19-12-14-21(15-13-19)18(6,7)17(4,5)20-10-8-9-11-20/h8-15H2,1-7H3. The molecule has 3 heteroatoms. The molecule has 2 saturated heterocycles. The van der Waals surface area contributed by atoms with Crippen molar-refractivity contribution in [2.75, 3.05) is 39.3 Å². The van der Waals surface area contributed by atoms with Crippen LogP contribution >= 0.6 is 0 Å². The summed E-state index contributed by atoms with van der Waals surface area (Å²) in [6, 6.07) is 0. The molecule has 0 aliphatic carbocycles. The van der Waals surface area contributed by atoms with Gasteiger partial charge in [0.2, 0.25) is 0 Å². The van der Waals surface area contributed by atoms with Gasteiger partial charge in [-0.1, -0.05) is 0 Å². The normalized spacial score (nSPS) is 24.7. The molecule has 3 nitrogen and oxygen atoms in total. The molecule has 0 spiro atoms. The fourth-order valence-corrected chi connectivity index (χ4v) is 3.99. The quantitative estimate of drug-likeness (QED) is 0.792. The van der Waals surface area contributed by atoms with Gasteiger partial charge in [-0.15, -0.1) is 0 Å². The molecular formula is C18H37N3. The van der Waals surface area contributed by atoms with Gasteiger partial charge in [0, 0.05) is 42.8 Å². The Morgan fingerprint density at radius 2 is 0.810 bits per heavy atom. The zero-order valence-corrected chi connectivity index (χ0v) is 15.5. The van der Waals surface area contributed by atoms with Crippen LogP contribution in [0.2, 0.25) is 0 Å². The largest absolute Gasteiger partial charge is 0.296 e. The average molecular weight is 296 g/mol. The smallest absolute Gasteiger partial charge is 0.0332 e. The van der Waals surface area contributed by atoms with Crippen LogP contribution < -0.4 is 0 Å². The van der Waals surface area contributed by atoms with Gasteiger partial charge in [-0.05, 0) is 74.4 Å². The predicted molar refractivity (Wildman–Crippen MR) is 91.9 cm³/mol. The lowest BCUT2D eigenvalue weighted by molar-refractivity contribution is -0.0576. The lowest BCUT2D eigenvalue weighted by Gasteiger charge is -2.56. The van der Waals surface area contributed by atoms with Gasteiger partial charge in [-0.3, -0.25) is 14.7 Å². The summed E-state index contributed by atoms with van der Waals surface area (Å²) in [5, 5.41) is 0. The highest BCUT2D eigenvalue weighted by Gasteiger charge is 2.47. The van der Waals surface area contributed by atoms with Gasteiger partial charge in [-0.2, -0.15) is 0 Å². The summed E-state index contributed by atoms with van der Waals surface area (Å²) in [5.41, 5.74) is 0.773. The first-order valence-electron chi connectivity index (χ1n) is 8.82. The zero-order chi connectivity index (χ0) is 15.9. The van der Waals surface area contributed by atoms with E-state index in [9.17, 15) is 0 Å². The van der Waals surface area contributed by atoms with Crippen molar-refractivity contribution in [3.8, 4) is 0 Å². The first-order chi connectivity index (χ1) is 9.57. The number of nitrogens with zero attached hydrogens (tertiary/aromatic N) is 3. The molecule has 2 aliphatic heterocycles. The van der Waals surface area contributed by atoms with E-state index >= 15 is 0 Å². The first kappa shape index (κ1) is 17.2. The van der Waals surface area contributed by atoms with E-state index in [0.29, 0.717) is 5.54 Å². The molecule has 0 unspecified atom stereocenters. The summed E-state index contributed by atoms with van der Waals surface area (Å²) in [5.74, 6) is 0. The number of likely N-dealkylation sites (tertiary alicyclic amines) is 1. The molecule has 124 valence electrons. The van der Waals surface area contributed by atoms with E-state index < -0.39 is 0 Å². The lowest BCUT2D eigenvalue weighted by atomic mass is 9.79. The minimum absolute atomic E-state index is 0.224. The van der Waals surface area contributed by atoms with Crippen molar-refractivity contribution in [3.05, 3.63) is 0 Å². The van der Waals surface area contributed by atoms with Crippen molar-refractivity contribution < 1.29 is 0 Å². The predicted octanol–water partition coefficient (Wildman–Crippen LogP) is 3.06. The van der Waals surface area contributed by atoms with Crippen LogP contribution in [0.15, 0.2) is 0 Å². The van der Waals surface area contributed by atoms with E-state index in [4.69, 9.17) is 0 Å². The fourth-order valence-electron chi connectivity index (χ4n) is 3.99. The Morgan fingerprint density at radius 3 is 1.19 bits per heavy atom. The maximum atomic E-state index is 2.73. The molecule has 0 aromatic rings. The molecule has 2 heterocycles. The topological polar surface area (TPSA) is 9.72 Å². The van der Waals surface area contributed by atoms with Crippen molar-refractivity contribution in [3.63, 3.8) is 0 Å². The summed E-state index contributed by atoms with van der Waals surface area (Å²) in [4.78, 5) is 8.07. The van der Waals surface area contributed by atoms with Crippen molar-refractivity contribution >= 4 is 0 Å². The third-order valence-electron chi connectivity index (χ3n) is 6.41. The molecule has 2 rings (SSSR count). The van der Waals surface area contributed by atoms with E-state index in [1.807, 2.05) is 0 Å². The fraction of sp³-hybridized carbons (Fsp3) is 1.00. The Labute approximate surface area is 132 Å². The SMILES string of the molecule is CC(C)(C)N1CCN(C(C)(C)C(C)(C)N2CCCC2)CC1. The third kappa shape index (κ3) is 3.30. The van der Waals surface area contributed by atoms with Crippen LogP contribution in [0.25, 0.3) is 0 Å². The number of rotatable bonds is 3. The Morgan fingerprint density at radius 1 is 0.476 bits per heavy atom. The first-order valence-corrected chi connectivity index (χ1v) is 8.82. The molecule has 0 aromatic carbocycles. The second-order valence-corrected chi connectivity index (χ2v) is 8.96. The van der Waals surface area contributed by atoms with Crippen molar-refractivity contribution in [2.45, 2.75) is 77.9 Å². The van der Waals surface area contributed by atoms with Gasteiger partial charge in [0.15, 0.2) is 0 Å². The minimum Gasteiger partial charge on any atom is -0.296 e. The van der Waals surface area contributed by atoms with E-state index in [0.717, 1.165) is 0 Å². The van der Waals surface area contributed by atoms with Crippen molar-refractivity contribution in [1.82, 2.24) is 14.7 Å². The number of hydrogen-bond donors (Lipinski definition) is 0. The van der Waals surface area contributed by atoms with Crippen LogP contribution in [-0.4, -0.2) is 70.6 Å². The molecule has 2 aliphatic rings. The van der Waals surface area contributed by atoms with Crippen LogP contribution in [0, 0.1) is 0 Å². The Hall–Kier alpha value is -0.120. The van der Waals surface area contributed by atoms with Gasteiger partial charge in [0.05, 0.1) is 0 Å². The van der Waals surface area contributed by atoms with Crippen LogP contribution in [0.1, 0.15) is 61.3 Å². The molecule has 0 radical (unpaired) electrons. The van der Waals surface area contributed by atoms with E-state index in [1.54, 1.807) is 0 Å². The van der Waals surface area contributed by atoms with Crippen molar-refractivity contribution in [2.24, 2.45) is 0 Å². The maximum absolute atomic E-state index is 2.73. The molecule has 0 amide bonds. The van der Waals surface area contributed by atoms with Crippen LogP contribution in [0.4, 0.5) is 0 Å². The summed E-state index contributed by atoms with van der Waals surface area (Å²) < 4.78 is 0. The highest BCUT2D eigenvalue weighted by atomic mass is 15.4. The van der Waals surface area contributed by atoms with Gasteiger partial charge in [-0.25, -0.2) is 0 Å². The summed E-state index contributed by atoms with van der Waals surface area (Å²) in [6.07, 6.45) is 2.74. The Kier molecular flexibility index (Phi) is 4.78. The number of hydrogen-bond acceptors (Lipinski definition) is 3. The highest BCUT2D eigenvalue weighted by molar-refractivity contribution is 5.05. The van der Waals surface area contributed by atoms with Crippen LogP contribution in [-0.2, 0) is 0 Å². The van der Waals surface area contributed by atoms with Crippen molar-refractivity contribution in [1.29, 1.82) is 0 Å². The monoisotopic (exact) mass is 295 g/mol. The third-order valence-corrected chi connectivity index (χ3v) is 6.41. The second-order valence-electron chi connectivity index (χ2n) is 8.96. The lowest BCUT2D eigenvalue weighted by Crippen LogP contribution is -2.68. The van der Waals surface area contributed by atoms with Crippen LogP contribution in [0.3, 0.4) is 0 Å². The van der Waals surface area contributed by atoms with Gasteiger partial charge in [0.25, 0.3) is 0 Å². The summed E-state index contributed by atoms with van der Waals surface area (Å²) in [7, 11) is 0. The summed E-state index contributed by atoms with van der Waals surface area (Å²) in [6.45, 7) is 24.2. The molecular weight excluding hydrogens is 258 g/mol. The average Bonchev–Trinajstić information content (AvgIpc) is 2.92. The second kappa shape index (κ2) is 5.82. The van der Waals surface area contributed by atoms with E-state index in [-0.39, 0.29) is 11.1 Å². The number of piperazine rings is 1. The van der Waals surface area contributed by atoms with Gasteiger partial charge >= 0.3 is 0 Å². The van der Waals surface area contributed by atoms with Gasteiger partial charge in [0.1, 0.15) is 0 Å². The maximum Gasteiger partial charge on any atom is 0.0332 e. The Bertz CT molecular complexity index is 340. The van der Waals surface area contributed by atoms with Crippen LogP contribution in [0.5, 0.6) is 0 Å². The Balaban J connectivity index is 2.03.